The largest absolute Gasteiger partial charge is 0.465 e. The van der Waals surface area contributed by atoms with Gasteiger partial charge in [-0.05, 0) is 30.7 Å². The molecule has 142 valence electrons. The molecular formula is C19H20BrN3O4. The van der Waals surface area contributed by atoms with E-state index in [0.29, 0.717) is 12.2 Å². The number of hydrogen-bond acceptors (Lipinski definition) is 5. The number of amides is 2. The van der Waals surface area contributed by atoms with Crippen LogP contribution in [0.4, 0.5) is 5.69 Å². The maximum Gasteiger partial charge on any atom is 0.339 e. The van der Waals surface area contributed by atoms with Crippen LogP contribution in [0.2, 0.25) is 0 Å². The number of rotatable bonds is 7. The Morgan fingerprint density at radius 1 is 1.19 bits per heavy atom. The molecule has 0 aliphatic heterocycles. The Labute approximate surface area is 165 Å². The zero-order chi connectivity index (χ0) is 19.8. The fourth-order valence-corrected chi connectivity index (χ4v) is 2.57. The van der Waals surface area contributed by atoms with Crippen LogP contribution < -0.4 is 5.32 Å². The number of alkyl halides is 1. The second-order valence-electron chi connectivity index (χ2n) is 5.69. The van der Waals surface area contributed by atoms with Crippen LogP contribution in [-0.2, 0) is 4.74 Å². The van der Waals surface area contributed by atoms with E-state index in [9.17, 15) is 14.4 Å². The van der Waals surface area contributed by atoms with Crippen molar-refractivity contribution in [3.63, 3.8) is 0 Å². The van der Waals surface area contributed by atoms with Crippen molar-refractivity contribution in [2.75, 3.05) is 31.3 Å². The van der Waals surface area contributed by atoms with Crippen molar-refractivity contribution in [3.05, 3.63) is 59.4 Å². The lowest BCUT2D eigenvalue weighted by molar-refractivity contribution is 0.0601. The first-order valence-corrected chi connectivity index (χ1v) is 9.36. The number of methoxy groups -OCH3 is 1. The van der Waals surface area contributed by atoms with Gasteiger partial charge in [0.05, 0.1) is 23.9 Å². The predicted molar refractivity (Wildman–Crippen MR) is 105 cm³/mol. The first-order valence-electron chi connectivity index (χ1n) is 8.24. The number of anilines is 1. The second-order valence-corrected chi connectivity index (χ2v) is 6.49. The number of pyridine rings is 1. The minimum Gasteiger partial charge on any atom is -0.465 e. The normalized spacial score (nSPS) is 10.2. The van der Waals surface area contributed by atoms with E-state index in [1.807, 2.05) is 0 Å². The van der Waals surface area contributed by atoms with Crippen molar-refractivity contribution in [2.45, 2.75) is 6.42 Å². The van der Waals surface area contributed by atoms with Crippen LogP contribution in [0.1, 0.15) is 37.6 Å². The van der Waals surface area contributed by atoms with Crippen LogP contribution in [0, 0.1) is 0 Å². The van der Waals surface area contributed by atoms with Gasteiger partial charge in [-0.2, -0.15) is 0 Å². The average molecular weight is 434 g/mol. The molecule has 8 heteroatoms. The first-order chi connectivity index (χ1) is 13.0. The predicted octanol–water partition coefficient (Wildman–Crippen LogP) is 2.98. The number of para-hydroxylation sites is 1. The summed E-state index contributed by atoms with van der Waals surface area (Å²) in [5.74, 6) is -1.19. The van der Waals surface area contributed by atoms with E-state index in [1.165, 1.54) is 25.4 Å². The Bertz CT molecular complexity index is 824. The molecule has 0 bridgehead atoms. The first kappa shape index (κ1) is 20.6. The second kappa shape index (κ2) is 9.82. The maximum atomic E-state index is 12.4. The van der Waals surface area contributed by atoms with Crippen LogP contribution >= 0.6 is 15.9 Å². The standard InChI is InChI=1S/C19H20BrN3O4/c1-23(11-5-10-20)18(25)16-9-8-13(12-21-16)17(24)22-15-7-4-3-6-14(15)19(26)27-2/h3-4,6-9,12H,5,10-11H2,1-2H3,(H,22,24). The number of benzene rings is 1. The molecule has 1 aromatic heterocycles. The Balaban J connectivity index is 2.11. The SMILES string of the molecule is COC(=O)c1ccccc1NC(=O)c1ccc(C(=O)N(C)CCCBr)nc1. The minimum absolute atomic E-state index is 0.209. The van der Waals surface area contributed by atoms with E-state index in [4.69, 9.17) is 4.74 Å². The fourth-order valence-electron chi connectivity index (χ4n) is 2.32. The van der Waals surface area contributed by atoms with Crippen LogP contribution in [0.15, 0.2) is 42.6 Å². The lowest BCUT2D eigenvalue weighted by Gasteiger charge is -2.16. The van der Waals surface area contributed by atoms with Crippen LogP contribution in [0.5, 0.6) is 0 Å². The van der Waals surface area contributed by atoms with Gasteiger partial charge in [-0.1, -0.05) is 28.1 Å². The molecule has 2 rings (SSSR count). The summed E-state index contributed by atoms with van der Waals surface area (Å²) in [5, 5.41) is 3.47. The van der Waals surface area contributed by atoms with Gasteiger partial charge in [-0.15, -0.1) is 0 Å². The van der Waals surface area contributed by atoms with Gasteiger partial charge in [-0.25, -0.2) is 4.79 Å². The van der Waals surface area contributed by atoms with Crippen molar-refractivity contribution in [3.8, 4) is 0 Å². The quantitative estimate of drug-likeness (QED) is 0.535. The number of nitrogens with zero attached hydrogens (tertiary/aromatic N) is 2. The summed E-state index contributed by atoms with van der Waals surface area (Å²) in [4.78, 5) is 42.1. The van der Waals surface area contributed by atoms with Crippen molar-refractivity contribution < 1.29 is 19.1 Å². The summed E-state index contributed by atoms with van der Waals surface area (Å²) in [7, 11) is 2.98. The van der Waals surface area contributed by atoms with Crippen LogP contribution in [0.25, 0.3) is 0 Å². The number of esters is 1. The number of carbonyl (C=O) groups excluding carboxylic acids is 3. The van der Waals surface area contributed by atoms with E-state index in [0.717, 1.165) is 11.8 Å². The molecule has 27 heavy (non-hydrogen) atoms. The minimum atomic E-state index is -0.545. The highest BCUT2D eigenvalue weighted by Crippen LogP contribution is 2.17. The molecule has 0 saturated carbocycles. The Kier molecular flexibility index (Phi) is 7.48. The zero-order valence-corrected chi connectivity index (χ0v) is 16.7. The Hall–Kier alpha value is -2.74. The number of carbonyl (C=O) groups is 3. The molecule has 0 aliphatic rings. The summed E-state index contributed by atoms with van der Waals surface area (Å²) in [6, 6.07) is 9.57. The van der Waals surface area contributed by atoms with E-state index >= 15 is 0 Å². The van der Waals surface area contributed by atoms with E-state index in [2.05, 4.69) is 26.2 Å². The summed E-state index contributed by atoms with van der Waals surface area (Å²) < 4.78 is 4.71. The molecule has 7 nitrogen and oxygen atoms in total. The third kappa shape index (κ3) is 5.37. The summed E-state index contributed by atoms with van der Waals surface area (Å²) in [6.45, 7) is 0.609. The molecule has 0 spiro atoms. The highest BCUT2D eigenvalue weighted by molar-refractivity contribution is 9.09. The molecule has 0 aliphatic carbocycles. The van der Waals surface area contributed by atoms with Crippen molar-refractivity contribution in [2.24, 2.45) is 0 Å². The van der Waals surface area contributed by atoms with Gasteiger partial charge in [-0.3, -0.25) is 14.6 Å². The van der Waals surface area contributed by atoms with Gasteiger partial charge in [0.2, 0.25) is 0 Å². The molecule has 0 radical (unpaired) electrons. The number of halogens is 1. The Morgan fingerprint density at radius 2 is 1.93 bits per heavy atom. The van der Waals surface area contributed by atoms with Crippen LogP contribution in [-0.4, -0.2) is 53.7 Å². The molecule has 1 aromatic carbocycles. The van der Waals surface area contributed by atoms with E-state index in [1.54, 1.807) is 36.2 Å². The molecule has 0 atom stereocenters. The lowest BCUT2D eigenvalue weighted by atomic mass is 10.1. The van der Waals surface area contributed by atoms with Crippen LogP contribution in [0.3, 0.4) is 0 Å². The molecule has 0 saturated heterocycles. The highest BCUT2D eigenvalue weighted by atomic mass is 79.9. The molecular weight excluding hydrogens is 414 g/mol. The third-order valence-corrected chi connectivity index (χ3v) is 4.36. The van der Waals surface area contributed by atoms with Crippen molar-refractivity contribution in [1.29, 1.82) is 0 Å². The monoisotopic (exact) mass is 433 g/mol. The smallest absolute Gasteiger partial charge is 0.339 e. The molecule has 2 aromatic rings. The third-order valence-electron chi connectivity index (χ3n) is 3.80. The molecule has 1 heterocycles. The van der Waals surface area contributed by atoms with Gasteiger partial charge in [0.1, 0.15) is 5.69 Å². The number of ether oxygens (including phenoxy) is 1. The Morgan fingerprint density at radius 3 is 2.56 bits per heavy atom. The number of aromatic nitrogens is 1. The topological polar surface area (TPSA) is 88.6 Å². The number of nitrogens with one attached hydrogen (secondary N) is 1. The van der Waals surface area contributed by atoms with Gasteiger partial charge in [0.25, 0.3) is 11.8 Å². The van der Waals surface area contributed by atoms with Gasteiger partial charge < -0.3 is 15.0 Å². The molecule has 0 fully saturated rings. The molecule has 1 N–H and O–H groups in total. The maximum absolute atomic E-state index is 12.4. The average Bonchev–Trinajstić information content (AvgIpc) is 2.71. The van der Waals surface area contributed by atoms with Crippen molar-refractivity contribution in [1.82, 2.24) is 9.88 Å². The fraction of sp³-hybridized carbons (Fsp3) is 0.263. The van der Waals surface area contributed by atoms with E-state index in [-0.39, 0.29) is 22.7 Å². The van der Waals surface area contributed by atoms with Gasteiger partial charge in [0.15, 0.2) is 0 Å². The summed E-state index contributed by atoms with van der Waals surface area (Å²) in [5.41, 5.74) is 1.12. The summed E-state index contributed by atoms with van der Waals surface area (Å²) >= 11 is 3.33. The highest BCUT2D eigenvalue weighted by Gasteiger charge is 2.16. The molecule has 2 amide bonds. The van der Waals surface area contributed by atoms with E-state index < -0.39 is 11.9 Å². The van der Waals surface area contributed by atoms with Gasteiger partial charge >= 0.3 is 5.97 Å². The summed E-state index contributed by atoms with van der Waals surface area (Å²) in [6.07, 6.45) is 2.17. The molecule has 0 unspecified atom stereocenters. The zero-order valence-electron chi connectivity index (χ0n) is 15.1. The van der Waals surface area contributed by atoms with Gasteiger partial charge in [0, 0.05) is 25.1 Å². The van der Waals surface area contributed by atoms with Crippen molar-refractivity contribution >= 4 is 39.4 Å². The lowest BCUT2D eigenvalue weighted by Crippen LogP contribution is -2.28. The number of hydrogen-bond donors (Lipinski definition) is 1.